The predicted molar refractivity (Wildman–Crippen MR) is 101 cm³/mol. The average Bonchev–Trinajstić information content (AvgIpc) is 2.58. The molecular formula is C21H35F2N. The van der Waals surface area contributed by atoms with Gasteiger partial charge in [0.25, 0.3) is 0 Å². The molecule has 1 aromatic carbocycles. The lowest BCUT2D eigenvalue weighted by atomic mass is 10.1. The van der Waals surface area contributed by atoms with Crippen molar-refractivity contribution in [3.05, 3.63) is 30.3 Å². The Balaban J connectivity index is 2.47. The summed E-state index contributed by atoms with van der Waals surface area (Å²) in [6, 6.07) is 9.95. The highest BCUT2D eigenvalue weighted by molar-refractivity contribution is 5.46. The van der Waals surface area contributed by atoms with Crippen LogP contribution in [0, 0.1) is 0 Å². The molecule has 3 heteroatoms. The van der Waals surface area contributed by atoms with Crippen molar-refractivity contribution in [2.45, 2.75) is 84.0 Å². The molecule has 0 amide bonds. The molecule has 1 aromatic rings. The van der Waals surface area contributed by atoms with E-state index in [2.05, 4.69) is 18.7 Å². The van der Waals surface area contributed by atoms with E-state index in [1.165, 1.54) is 19.3 Å². The SMILES string of the molecule is CCCCCCN(CC(F)CC(F)CCCCC)c1ccccc1. The van der Waals surface area contributed by atoms with Crippen LogP contribution in [0.15, 0.2) is 30.3 Å². The van der Waals surface area contributed by atoms with Gasteiger partial charge < -0.3 is 4.90 Å². The van der Waals surface area contributed by atoms with Gasteiger partial charge in [-0.1, -0.05) is 70.6 Å². The Labute approximate surface area is 147 Å². The zero-order chi connectivity index (χ0) is 17.6. The number of unbranched alkanes of at least 4 members (excludes halogenated alkanes) is 5. The molecule has 24 heavy (non-hydrogen) atoms. The summed E-state index contributed by atoms with van der Waals surface area (Å²) in [4.78, 5) is 2.08. The summed E-state index contributed by atoms with van der Waals surface area (Å²) in [5, 5.41) is 0. The number of rotatable bonds is 14. The highest BCUT2D eigenvalue weighted by atomic mass is 19.1. The number of halogens is 2. The van der Waals surface area contributed by atoms with Crippen molar-refractivity contribution in [3.63, 3.8) is 0 Å². The maximum Gasteiger partial charge on any atom is 0.120 e. The van der Waals surface area contributed by atoms with E-state index in [-0.39, 0.29) is 6.42 Å². The third-order valence-electron chi connectivity index (χ3n) is 4.45. The van der Waals surface area contributed by atoms with Gasteiger partial charge in [0.05, 0.1) is 0 Å². The first-order chi connectivity index (χ1) is 11.7. The van der Waals surface area contributed by atoms with Gasteiger partial charge in [-0.2, -0.15) is 0 Å². The van der Waals surface area contributed by atoms with Crippen molar-refractivity contribution in [1.29, 1.82) is 0 Å². The molecule has 0 aliphatic carbocycles. The molecule has 1 nitrogen and oxygen atoms in total. The van der Waals surface area contributed by atoms with Crippen LogP contribution in [0.5, 0.6) is 0 Å². The minimum Gasteiger partial charge on any atom is -0.369 e. The van der Waals surface area contributed by atoms with Gasteiger partial charge in [0, 0.05) is 25.2 Å². The Hall–Kier alpha value is -1.12. The molecule has 0 aromatic heterocycles. The zero-order valence-electron chi connectivity index (χ0n) is 15.5. The number of para-hydroxylation sites is 1. The molecule has 0 radical (unpaired) electrons. The molecule has 0 fully saturated rings. The molecule has 0 N–H and O–H groups in total. The van der Waals surface area contributed by atoms with Crippen LogP contribution in [0.2, 0.25) is 0 Å². The zero-order valence-corrected chi connectivity index (χ0v) is 15.5. The van der Waals surface area contributed by atoms with Gasteiger partial charge in [-0.15, -0.1) is 0 Å². The minimum atomic E-state index is -1.10. The molecule has 1 rings (SSSR count). The number of hydrogen-bond donors (Lipinski definition) is 0. The van der Waals surface area contributed by atoms with Crippen LogP contribution in [0.25, 0.3) is 0 Å². The number of anilines is 1. The highest BCUT2D eigenvalue weighted by Gasteiger charge is 2.18. The summed E-state index contributed by atoms with van der Waals surface area (Å²) in [6.45, 7) is 5.43. The molecule has 0 spiro atoms. The predicted octanol–water partition coefficient (Wildman–Crippen LogP) is 6.72. The fourth-order valence-corrected chi connectivity index (χ4v) is 3.02. The van der Waals surface area contributed by atoms with Crippen LogP contribution in [0.1, 0.15) is 71.6 Å². The Bertz CT molecular complexity index is 396. The van der Waals surface area contributed by atoms with Crippen LogP contribution >= 0.6 is 0 Å². The average molecular weight is 340 g/mol. The molecule has 0 aliphatic heterocycles. The molecule has 0 bridgehead atoms. The van der Waals surface area contributed by atoms with Gasteiger partial charge in [-0.05, 0) is 25.0 Å². The number of benzene rings is 1. The fourth-order valence-electron chi connectivity index (χ4n) is 3.02. The molecule has 2 unspecified atom stereocenters. The van der Waals surface area contributed by atoms with E-state index < -0.39 is 12.3 Å². The minimum absolute atomic E-state index is 0.0298. The standard InChI is InChI=1S/C21H35F2N/c1-3-5-7-12-16-24(21-14-10-8-11-15-21)18-20(23)17-19(22)13-9-6-4-2/h8,10-11,14-15,19-20H,3-7,9,12-13,16-18H2,1-2H3. The third-order valence-corrected chi connectivity index (χ3v) is 4.45. The smallest absolute Gasteiger partial charge is 0.120 e. The second-order valence-corrected chi connectivity index (χ2v) is 6.77. The first-order valence-corrected chi connectivity index (χ1v) is 9.75. The van der Waals surface area contributed by atoms with Crippen molar-refractivity contribution in [3.8, 4) is 0 Å². The molecular weight excluding hydrogens is 304 g/mol. The topological polar surface area (TPSA) is 3.24 Å². The molecule has 138 valence electrons. The van der Waals surface area contributed by atoms with Crippen LogP contribution in [0.3, 0.4) is 0 Å². The van der Waals surface area contributed by atoms with Crippen molar-refractivity contribution >= 4 is 5.69 Å². The monoisotopic (exact) mass is 339 g/mol. The van der Waals surface area contributed by atoms with Crippen LogP contribution < -0.4 is 4.90 Å². The van der Waals surface area contributed by atoms with Crippen LogP contribution in [-0.2, 0) is 0 Å². The quantitative estimate of drug-likeness (QED) is 0.340. The largest absolute Gasteiger partial charge is 0.369 e. The summed E-state index contributed by atoms with van der Waals surface area (Å²) in [5.74, 6) is 0. The summed E-state index contributed by atoms with van der Waals surface area (Å²) < 4.78 is 28.3. The Morgan fingerprint density at radius 2 is 1.50 bits per heavy atom. The summed E-state index contributed by atoms with van der Waals surface area (Å²) in [7, 11) is 0. The maximum atomic E-state index is 14.4. The van der Waals surface area contributed by atoms with E-state index >= 15 is 0 Å². The highest BCUT2D eigenvalue weighted by Crippen LogP contribution is 2.19. The van der Waals surface area contributed by atoms with Crippen molar-refractivity contribution in [2.24, 2.45) is 0 Å². The van der Waals surface area contributed by atoms with Gasteiger partial charge in [0.2, 0.25) is 0 Å². The van der Waals surface area contributed by atoms with E-state index in [1.807, 2.05) is 30.3 Å². The van der Waals surface area contributed by atoms with Crippen molar-refractivity contribution in [2.75, 3.05) is 18.0 Å². The van der Waals surface area contributed by atoms with Crippen LogP contribution in [0.4, 0.5) is 14.5 Å². The first kappa shape index (κ1) is 20.9. The van der Waals surface area contributed by atoms with E-state index in [0.29, 0.717) is 13.0 Å². The lowest BCUT2D eigenvalue weighted by Gasteiger charge is -2.27. The summed E-state index contributed by atoms with van der Waals surface area (Å²) >= 11 is 0. The number of alkyl halides is 2. The van der Waals surface area contributed by atoms with Gasteiger partial charge in [-0.3, -0.25) is 0 Å². The van der Waals surface area contributed by atoms with Crippen LogP contribution in [-0.4, -0.2) is 25.4 Å². The number of hydrogen-bond acceptors (Lipinski definition) is 1. The van der Waals surface area contributed by atoms with E-state index in [9.17, 15) is 8.78 Å². The second-order valence-electron chi connectivity index (χ2n) is 6.77. The summed E-state index contributed by atoms with van der Waals surface area (Å²) in [6.07, 6.45) is 6.02. The van der Waals surface area contributed by atoms with E-state index in [1.54, 1.807) is 0 Å². The molecule has 0 saturated carbocycles. The molecule has 2 atom stereocenters. The third kappa shape index (κ3) is 9.24. The molecule has 0 saturated heterocycles. The second kappa shape index (κ2) is 13.2. The Morgan fingerprint density at radius 3 is 2.17 bits per heavy atom. The van der Waals surface area contributed by atoms with Gasteiger partial charge in [0.1, 0.15) is 12.3 Å². The van der Waals surface area contributed by atoms with Gasteiger partial charge in [0.15, 0.2) is 0 Å². The lowest BCUT2D eigenvalue weighted by Crippen LogP contribution is -2.32. The summed E-state index contributed by atoms with van der Waals surface area (Å²) in [5.41, 5.74) is 1.04. The Kier molecular flexibility index (Phi) is 11.5. The van der Waals surface area contributed by atoms with Crippen molar-refractivity contribution < 1.29 is 8.78 Å². The van der Waals surface area contributed by atoms with Gasteiger partial charge >= 0.3 is 0 Å². The normalized spacial score (nSPS) is 13.7. The fraction of sp³-hybridized carbons (Fsp3) is 0.714. The molecule has 0 heterocycles. The Morgan fingerprint density at radius 1 is 0.833 bits per heavy atom. The lowest BCUT2D eigenvalue weighted by molar-refractivity contribution is 0.208. The number of nitrogens with zero attached hydrogens (tertiary/aromatic N) is 1. The van der Waals surface area contributed by atoms with E-state index in [0.717, 1.165) is 37.9 Å². The van der Waals surface area contributed by atoms with E-state index in [4.69, 9.17) is 0 Å². The van der Waals surface area contributed by atoms with Crippen molar-refractivity contribution in [1.82, 2.24) is 0 Å². The first-order valence-electron chi connectivity index (χ1n) is 9.75. The molecule has 0 aliphatic rings. The van der Waals surface area contributed by atoms with Gasteiger partial charge in [-0.25, -0.2) is 8.78 Å². The maximum absolute atomic E-state index is 14.4.